The standard InChI is InChI=1S/C21H28ClN5O5/c1-4-9-27-19(23)18(20(30)25-21(27)31)26(10-11-32-3)17(29)12-16(24-13(2)28)14-5-7-15(22)8-6-14/h5-8,16H,4,9-12,23H2,1-3H3,(H,24,28)(H,25,30,31). The van der Waals surface area contributed by atoms with Gasteiger partial charge in [0.25, 0.3) is 5.56 Å². The number of H-pyrrole nitrogens is 1. The molecule has 0 fully saturated rings. The van der Waals surface area contributed by atoms with E-state index in [9.17, 15) is 19.2 Å². The molecule has 11 heteroatoms. The maximum atomic E-state index is 13.3. The number of benzene rings is 1. The number of nitrogens with one attached hydrogen (secondary N) is 2. The number of amides is 2. The van der Waals surface area contributed by atoms with Crippen LogP contribution in [0.4, 0.5) is 11.5 Å². The molecule has 174 valence electrons. The first-order valence-electron chi connectivity index (χ1n) is 10.1. The van der Waals surface area contributed by atoms with Crippen LogP contribution in [0.15, 0.2) is 33.9 Å². The number of nitrogen functional groups attached to an aromatic ring is 1. The Hall–Kier alpha value is -3.11. The fourth-order valence-corrected chi connectivity index (χ4v) is 3.43. The quantitative estimate of drug-likeness (QED) is 0.485. The molecule has 0 saturated heterocycles. The minimum atomic E-state index is -0.771. The van der Waals surface area contributed by atoms with Crippen molar-refractivity contribution >= 4 is 34.9 Å². The zero-order valence-electron chi connectivity index (χ0n) is 18.3. The molecule has 1 unspecified atom stereocenters. The molecule has 10 nitrogen and oxygen atoms in total. The second kappa shape index (κ2) is 11.5. The van der Waals surface area contributed by atoms with Gasteiger partial charge in [0.2, 0.25) is 11.8 Å². The number of anilines is 2. The van der Waals surface area contributed by atoms with Gasteiger partial charge in [-0.2, -0.15) is 0 Å². The fourth-order valence-electron chi connectivity index (χ4n) is 3.31. The number of ether oxygens (including phenoxy) is 1. The van der Waals surface area contributed by atoms with Gasteiger partial charge in [-0.25, -0.2) is 4.79 Å². The highest BCUT2D eigenvalue weighted by molar-refractivity contribution is 6.30. The van der Waals surface area contributed by atoms with E-state index in [1.807, 2.05) is 6.92 Å². The SMILES string of the molecule is CCCn1c(N)c(N(CCOC)C(=O)CC(NC(C)=O)c2ccc(Cl)cc2)c(=O)[nH]c1=O. The summed E-state index contributed by atoms with van der Waals surface area (Å²) in [6.45, 7) is 3.64. The Bertz CT molecular complexity index is 1060. The van der Waals surface area contributed by atoms with Gasteiger partial charge in [0.1, 0.15) is 5.82 Å². The normalized spacial score (nSPS) is 11.8. The molecule has 32 heavy (non-hydrogen) atoms. The Kier molecular flexibility index (Phi) is 9.03. The maximum Gasteiger partial charge on any atom is 0.330 e. The lowest BCUT2D eigenvalue weighted by molar-refractivity contribution is -0.121. The number of nitrogens with two attached hydrogens (primary N) is 1. The van der Waals surface area contributed by atoms with Crippen molar-refractivity contribution in [2.75, 3.05) is 30.9 Å². The summed E-state index contributed by atoms with van der Waals surface area (Å²) in [5.41, 5.74) is 5.27. The first-order chi connectivity index (χ1) is 15.2. The summed E-state index contributed by atoms with van der Waals surface area (Å²) in [5, 5.41) is 3.26. The first-order valence-corrected chi connectivity index (χ1v) is 10.5. The summed E-state index contributed by atoms with van der Waals surface area (Å²) >= 11 is 5.95. The lowest BCUT2D eigenvalue weighted by Gasteiger charge is -2.26. The second-order valence-electron chi connectivity index (χ2n) is 7.19. The maximum absolute atomic E-state index is 13.3. The number of rotatable bonds is 10. The van der Waals surface area contributed by atoms with Crippen LogP contribution in [0.25, 0.3) is 0 Å². The van der Waals surface area contributed by atoms with E-state index in [0.29, 0.717) is 17.0 Å². The Morgan fingerprint density at radius 1 is 1.28 bits per heavy atom. The number of aromatic nitrogens is 2. The molecule has 2 rings (SSSR count). The van der Waals surface area contributed by atoms with E-state index in [1.165, 1.54) is 23.5 Å². The van der Waals surface area contributed by atoms with Crippen LogP contribution in [0.1, 0.15) is 38.3 Å². The van der Waals surface area contributed by atoms with Gasteiger partial charge < -0.3 is 20.7 Å². The molecule has 0 bridgehead atoms. The molecule has 0 saturated carbocycles. The zero-order valence-corrected chi connectivity index (χ0v) is 19.1. The van der Waals surface area contributed by atoms with Crippen LogP contribution in [0.2, 0.25) is 5.02 Å². The number of aromatic amines is 1. The van der Waals surface area contributed by atoms with Gasteiger partial charge >= 0.3 is 5.69 Å². The third-order valence-electron chi connectivity index (χ3n) is 4.78. The van der Waals surface area contributed by atoms with E-state index in [1.54, 1.807) is 24.3 Å². The first kappa shape index (κ1) is 25.2. The van der Waals surface area contributed by atoms with E-state index < -0.39 is 23.2 Å². The minimum Gasteiger partial charge on any atom is -0.383 e. The molecule has 1 heterocycles. The lowest BCUT2D eigenvalue weighted by Crippen LogP contribution is -2.43. The summed E-state index contributed by atoms with van der Waals surface area (Å²) in [7, 11) is 1.46. The third kappa shape index (κ3) is 6.21. The summed E-state index contributed by atoms with van der Waals surface area (Å²) in [6.07, 6.45) is 0.444. The summed E-state index contributed by atoms with van der Waals surface area (Å²) in [6, 6.07) is 6.06. The van der Waals surface area contributed by atoms with Crippen LogP contribution < -0.4 is 27.2 Å². The highest BCUT2D eigenvalue weighted by atomic mass is 35.5. The Morgan fingerprint density at radius 3 is 2.50 bits per heavy atom. The second-order valence-corrected chi connectivity index (χ2v) is 7.63. The molecule has 1 aromatic carbocycles. The van der Waals surface area contributed by atoms with E-state index in [2.05, 4.69) is 10.3 Å². The van der Waals surface area contributed by atoms with Crippen molar-refractivity contribution in [2.24, 2.45) is 0 Å². The molecular weight excluding hydrogens is 438 g/mol. The van der Waals surface area contributed by atoms with Crippen molar-refractivity contribution in [1.29, 1.82) is 0 Å². The molecule has 4 N–H and O–H groups in total. The van der Waals surface area contributed by atoms with Gasteiger partial charge in [-0.1, -0.05) is 30.7 Å². The number of hydrogen-bond donors (Lipinski definition) is 3. The van der Waals surface area contributed by atoms with Gasteiger partial charge in [-0.3, -0.25) is 23.9 Å². The molecule has 0 aliphatic rings. The summed E-state index contributed by atoms with van der Waals surface area (Å²) < 4.78 is 6.31. The highest BCUT2D eigenvalue weighted by Gasteiger charge is 2.27. The number of hydrogen-bond acceptors (Lipinski definition) is 6. The van der Waals surface area contributed by atoms with Crippen molar-refractivity contribution in [2.45, 2.75) is 39.3 Å². The van der Waals surface area contributed by atoms with Crippen LogP contribution in [-0.2, 0) is 20.9 Å². The average molecular weight is 466 g/mol. The van der Waals surface area contributed by atoms with Crippen LogP contribution in [-0.4, -0.2) is 41.6 Å². The molecule has 0 aliphatic carbocycles. The Morgan fingerprint density at radius 2 is 1.94 bits per heavy atom. The predicted octanol–water partition coefficient (Wildman–Crippen LogP) is 1.43. The van der Waals surface area contributed by atoms with E-state index >= 15 is 0 Å². The monoisotopic (exact) mass is 465 g/mol. The van der Waals surface area contributed by atoms with Crippen molar-refractivity contribution in [1.82, 2.24) is 14.9 Å². The molecule has 0 aliphatic heterocycles. The highest BCUT2D eigenvalue weighted by Crippen LogP contribution is 2.23. The van der Waals surface area contributed by atoms with Crippen LogP contribution in [0.3, 0.4) is 0 Å². The minimum absolute atomic E-state index is 0.0281. The van der Waals surface area contributed by atoms with Crippen LogP contribution in [0, 0.1) is 0 Å². The number of carbonyl (C=O) groups is 2. The van der Waals surface area contributed by atoms with E-state index in [0.717, 1.165) is 0 Å². The zero-order chi connectivity index (χ0) is 23.8. The predicted molar refractivity (Wildman–Crippen MR) is 123 cm³/mol. The summed E-state index contributed by atoms with van der Waals surface area (Å²) in [4.78, 5) is 53.3. The Labute approximate surface area is 190 Å². The fraction of sp³-hybridized carbons (Fsp3) is 0.429. The molecule has 2 amide bonds. The molecule has 0 radical (unpaired) electrons. The van der Waals surface area contributed by atoms with Crippen molar-refractivity contribution in [3.8, 4) is 0 Å². The number of carbonyl (C=O) groups excluding carboxylic acids is 2. The molecule has 1 atom stereocenters. The van der Waals surface area contributed by atoms with Crippen molar-refractivity contribution in [3.05, 3.63) is 55.7 Å². The topological polar surface area (TPSA) is 140 Å². The number of halogens is 1. The van der Waals surface area contributed by atoms with Gasteiger partial charge in [-0.15, -0.1) is 0 Å². The molecule has 0 spiro atoms. The van der Waals surface area contributed by atoms with Crippen LogP contribution in [0.5, 0.6) is 0 Å². The summed E-state index contributed by atoms with van der Waals surface area (Å²) in [5.74, 6) is -0.905. The number of nitrogens with zero attached hydrogens (tertiary/aromatic N) is 2. The van der Waals surface area contributed by atoms with Crippen molar-refractivity contribution < 1.29 is 14.3 Å². The van der Waals surface area contributed by atoms with Gasteiger partial charge in [-0.05, 0) is 24.1 Å². The van der Waals surface area contributed by atoms with Crippen molar-refractivity contribution in [3.63, 3.8) is 0 Å². The molecular formula is C21H28ClN5O5. The van der Waals surface area contributed by atoms with Crippen LogP contribution >= 0.6 is 11.6 Å². The van der Waals surface area contributed by atoms with E-state index in [4.69, 9.17) is 22.1 Å². The largest absolute Gasteiger partial charge is 0.383 e. The third-order valence-corrected chi connectivity index (χ3v) is 5.03. The number of methoxy groups -OCH3 is 1. The lowest BCUT2D eigenvalue weighted by atomic mass is 10.0. The van der Waals surface area contributed by atoms with Gasteiger partial charge in [0, 0.05) is 32.1 Å². The smallest absolute Gasteiger partial charge is 0.330 e. The van der Waals surface area contributed by atoms with E-state index in [-0.39, 0.29) is 43.5 Å². The average Bonchev–Trinajstić information content (AvgIpc) is 2.73. The molecule has 1 aromatic heterocycles. The van der Waals surface area contributed by atoms with Gasteiger partial charge in [0.05, 0.1) is 19.1 Å². The van der Waals surface area contributed by atoms with Gasteiger partial charge in [0.15, 0.2) is 5.69 Å². The molecule has 2 aromatic rings. The Balaban J connectivity index is 2.48.